The molecule has 0 aliphatic rings. The monoisotopic (exact) mass is 1130 g/mol. The lowest BCUT2D eigenvalue weighted by Gasteiger charge is -2.21. The van der Waals surface area contributed by atoms with Crippen molar-refractivity contribution in [2.45, 2.75) is 303 Å². The molecule has 0 rings (SSSR count). The van der Waals surface area contributed by atoms with E-state index in [1.165, 1.54) is 96.3 Å². The molecule has 0 aromatic rings. The van der Waals surface area contributed by atoms with E-state index >= 15 is 0 Å². The zero-order valence-electron chi connectivity index (χ0n) is 48.2. The van der Waals surface area contributed by atoms with Crippen molar-refractivity contribution >= 4 is 39.5 Å². The molecule has 0 aliphatic carbocycles. The van der Waals surface area contributed by atoms with Crippen molar-refractivity contribution in [1.29, 1.82) is 0 Å². The van der Waals surface area contributed by atoms with E-state index in [2.05, 4.69) is 27.7 Å². The van der Waals surface area contributed by atoms with E-state index in [1.807, 2.05) is 0 Å². The molecular formula is C57H110O17P2. The Morgan fingerprint density at radius 3 is 0.776 bits per heavy atom. The van der Waals surface area contributed by atoms with E-state index in [9.17, 15) is 43.2 Å². The minimum atomic E-state index is -4.93. The van der Waals surface area contributed by atoms with E-state index in [-0.39, 0.29) is 25.7 Å². The summed E-state index contributed by atoms with van der Waals surface area (Å²) < 4.78 is 67.4. The molecular weight excluding hydrogens is 1020 g/mol. The highest BCUT2D eigenvalue weighted by Crippen LogP contribution is 2.45. The molecule has 0 saturated heterocycles. The van der Waals surface area contributed by atoms with Gasteiger partial charge in [0, 0.05) is 25.7 Å². The summed E-state index contributed by atoms with van der Waals surface area (Å²) in [5.41, 5.74) is 0. The molecule has 2 unspecified atom stereocenters. The number of esters is 4. The van der Waals surface area contributed by atoms with Crippen LogP contribution in [0.5, 0.6) is 0 Å². The van der Waals surface area contributed by atoms with Gasteiger partial charge >= 0.3 is 39.5 Å². The number of carbonyl (C=O) groups is 4. The van der Waals surface area contributed by atoms with Gasteiger partial charge in [-0.15, -0.1) is 0 Å². The van der Waals surface area contributed by atoms with Gasteiger partial charge in [-0.3, -0.25) is 37.3 Å². The predicted molar refractivity (Wildman–Crippen MR) is 299 cm³/mol. The van der Waals surface area contributed by atoms with Crippen molar-refractivity contribution in [2.24, 2.45) is 0 Å². The third-order valence-electron chi connectivity index (χ3n) is 13.1. The van der Waals surface area contributed by atoms with Crippen molar-refractivity contribution in [3.05, 3.63) is 0 Å². The first-order chi connectivity index (χ1) is 36.7. The summed E-state index contributed by atoms with van der Waals surface area (Å²) in [5, 5.41) is 10.5. The largest absolute Gasteiger partial charge is 0.472 e. The van der Waals surface area contributed by atoms with Crippen LogP contribution in [0.2, 0.25) is 0 Å². The Bertz CT molecular complexity index is 1490. The topological polar surface area (TPSA) is 237 Å². The van der Waals surface area contributed by atoms with Gasteiger partial charge in [-0.2, -0.15) is 0 Å². The molecule has 0 heterocycles. The maximum absolute atomic E-state index is 12.9. The standard InChI is InChI=1S/C57H110O17P2/c1-5-9-13-17-20-22-24-25-26-27-29-32-36-40-44-57(62)74-53(48-68-55(60)42-38-34-31-28-23-21-18-14-10-6-2)50-72-76(65,66)70-46-51(58)45-69-75(63,64)71-49-52(47-67-54(59)41-37-33-16-12-8-4)73-56(61)43-39-35-30-19-15-11-7-3/h51-53,58H,5-50H2,1-4H3,(H,63,64)(H,65,66)/t51-,52+,53+/m0/s1. The number of phosphoric acid groups is 2. The van der Waals surface area contributed by atoms with Gasteiger partial charge in [-0.1, -0.05) is 233 Å². The van der Waals surface area contributed by atoms with Crippen LogP contribution in [0.25, 0.3) is 0 Å². The van der Waals surface area contributed by atoms with Gasteiger partial charge in [0.25, 0.3) is 0 Å². The Morgan fingerprint density at radius 2 is 0.526 bits per heavy atom. The molecule has 17 nitrogen and oxygen atoms in total. The smallest absolute Gasteiger partial charge is 0.462 e. The number of aliphatic hydroxyl groups excluding tert-OH is 1. The maximum Gasteiger partial charge on any atom is 0.472 e. The van der Waals surface area contributed by atoms with Crippen molar-refractivity contribution in [3.8, 4) is 0 Å². The van der Waals surface area contributed by atoms with Crippen LogP contribution in [0.1, 0.15) is 285 Å². The second-order valence-electron chi connectivity index (χ2n) is 20.7. The Kier molecular flexibility index (Phi) is 51.1. The average molecular weight is 1130 g/mol. The zero-order valence-corrected chi connectivity index (χ0v) is 50.0. The summed E-state index contributed by atoms with van der Waals surface area (Å²) in [7, 11) is -9.86. The lowest BCUT2D eigenvalue weighted by atomic mass is 10.0. The fourth-order valence-corrected chi connectivity index (χ4v) is 9.98. The molecule has 5 atom stereocenters. The number of ether oxygens (including phenoxy) is 4. The summed E-state index contributed by atoms with van der Waals surface area (Å²) in [6.45, 7) is 4.71. The van der Waals surface area contributed by atoms with Gasteiger partial charge in [-0.05, 0) is 25.7 Å². The number of aliphatic hydroxyl groups is 1. The van der Waals surface area contributed by atoms with Gasteiger partial charge in [0.1, 0.15) is 19.3 Å². The SMILES string of the molecule is CCCCCCCCCCCCCCCCC(=O)O[C@H](COC(=O)CCCCCCCCCCCC)COP(=O)(O)OC[C@@H](O)COP(=O)(O)OC[C@@H](COC(=O)CCCCCCC)OC(=O)CCCCCCCCC. The first-order valence-electron chi connectivity index (χ1n) is 30.3. The molecule has 0 aliphatic heterocycles. The summed E-state index contributed by atoms with van der Waals surface area (Å²) >= 11 is 0. The highest BCUT2D eigenvalue weighted by Gasteiger charge is 2.30. The zero-order chi connectivity index (χ0) is 56.2. The predicted octanol–water partition coefficient (Wildman–Crippen LogP) is 15.2. The minimum absolute atomic E-state index is 0.103. The van der Waals surface area contributed by atoms with Crippen molar-refractivity contribution in [3.63, 3.8) is 0 Å². The molecule has 3 N–H and O–H groups in total. The Hall–Kier alpha value is -1.94. The van der Waals surface area contributed by atoms with Gasteiger partial charge in [0.05, 0.1) is 26.4 Å². The van der Waals surface area contributed by atoms with E-state index in [1.54, 1.807) is 0 Å². The van der Waals surface area contributed by atoms with Crippen LogP contribution >= 0.6 is 15.6 Å². The summed E-state index contributed by atoms with van der Waals surface area (Å²) in [5.74, 6) is -2.16. The van der Waals surface area contributed by atoms with Crippen LogP contribution < -0.4 is 0 Å². The van der Waals surface area contributed by atoms with Gasteiger partial charge in [-0.25, -0.2) is 9.13 Å². The van der Waals surface area contributed by atoms with E-state index in [0.717, 1.165) is 109 Å². The van der Waals surface area contributed by atoms with Gasteiger partial charge in [0.15, 0.2) is 12.2 Å². The number of hydrogen-bond acceptors (Lipinski definition) is 15. The Labute approximate surface area is 460 Å². The van der Waals surface area contributed by atoms with Crippen molar-refractivity contribution in [2.75, 3.05) is 39.6 Å². The molecule has 450 valence electrons. The van der Waals surface area contributed by atoms with Gasteiger partial charge < -0.3 is 33.8 Å². The molecule has 0 saturated carbocycles. The molecule has 0 aromatic heterocycles. The first kappa shape index (κ1) is 74.1. The molecule has 0 radical (unpaired) electrons. The highest BCUT2D eigenvalue weighted by atomic mass is 31.2. The number of rotatable bonds is 58. The van der Waals surface area contributed by atoms with Crippen molar-refractivity contribution in [1.82, 2.24) is 0 Å². The first-order valence-corrected chi connectivity index (χ1v) is 33.3. The molecule has 19 heteroatoms. The summed E-state index contributed by atoms with van der Waals surface area (Å²) in [6, 6.07) is 0. The number of unbranched alkanes of at least 4 members (excludes halogenated alkanes) is 32. The van der Waals surface area contributed by atoms with Crippen LogP contribution in [-0.2, 0) is 65.4 Å². The third-order valence-corrected chi connectivity index (χ3v) is 15.0. The molecule has 0 bridgehead atoms. The second kappa shape index (κ2) is 52.4. The van der Waals surface area contributed by atoms with E-state index in [0.29, 0.717) is 25.7 Å². The lowest BCUT2D eigenvalue weighted by Crippen LogP contribution is -2.30. The van der Waals surface area contributed by atoms with Crippen LogP contribution in [0.4, 0.5) is 0 Å². The fraction of sp³-hybridized carbons (Fsp3) is 0.930. The number of hydrogen-bond donors (Lipinski definition) is 3. The second-order valence-corrected chi connectivity index (χ2v) is 23.6. The summed E-state index contributed by atoms with van der Waals surface area (Å²) in [6.07, 6.45) is 35.3. The van der Waals surface area contributed by atoms with E-state index in [4.69, 9.17) is 37.0 Å². The lowest BCUT2D eigenvalue weighted by molar-refractivity contribution is -0.161. The number of carbonyl (C=O) groups excluding carboxylic acids is 4. The molecule has 0 amide bonds. The normalized spacial score (nSPS) is 14.4. The average Bonchev–Trinajstić information content (AvgIpc) is 3.39. The molecule has 76 heavy (non-hydrogen) atoms. The maximum atomic E-state index is 12.9. The van der Waals surface area contributed by atoms with Crippen molar-refractivity contribution < 1.29 is 80.2 Å². The number of phosphoric ester groups is 2. The third kappa shape index (κ3) is 51.5. The quantitative estimate of drug-likeness (QED) is 0.0222. The molecule has 0 fully saturated rings. The molecule has 0 aromatic carbocycles. The van der Waals surface area contributed by atoms with Crippen LogP contribution in [0.3, 0.4) is 0 Å². The van der Waals surface area contributed by atoms with Crippen LogP contribution in [0.15, 0.2) is 0 Å². The summed E-state index contributed by atoms with van der Waals surface area (Å²) in [4.78, 5) is 71.5. The molecule has 0 spiro atoms. The Morgan fingerprint density at radius 1 is 0.316 bits per heavy atom. The fourth-order valence-electron chi connectivity index (χ4n) is 8.40. The van der Waals surface area contributed by atoms with E-state index < -0.39 is 97.5 Å². The van der Waals surface area contributed by atoms with Gasteiger partial charge in [0.2, 0.25) is 0 Å². The van der Waals surface area contributed by atoms with Crippen LogP contribution in [-0.4, -0.2) is 96.7 Å². The van der Waals surface area contributed by atoms with Crippen LogP contribution in [0, 0.1) is 0 Å². The minimum Gasteiger partial charge on any atom is -0.462 e. The highest BCUT2D eigenvalue weighted by molar-refractivity contribution is 7.47. The Balaban J connectivity index is 5.15.